The van der Waals surface area contributed by atoms with Gasteiger partial charge in [-0.3, -0.25) is 4.98 Å². The lowest BCUT2D eigenvalue weighted by atomic mass is 10.2. The fourth-order valence-electron chi connectivity index (χ4n) is 0.837. The maximum Gasteiger partial charge on any atom is 0.281 e. The summed E-state index contributed by atoms with van der Waals surface area (Å²) in [4.78, 5) is 3.46. The summed E-state index contributed by atoms with van der Waals surface area (Å²) in [6.07, 6.45) is -1.32. The molecule has 0 aliphatic heterocycles. The molecule has 1 rings (SSSR count). The number of nitriles is 1. The lowest BCUT2D eigenvalue weighted by Crippen LogP contribution is -1.93. The van der Waals surface area contributed by atoms with E-state index < -0.39 is 12.1 Å². The number of hydrogen-bond acceptors (Lipinski definition) is 2. The number of alkyl halides is 2. The first-order chi connectivity index (χ1) is 6.15. The van der Waals surface area contributed by atoms with E-state index in [0.29, 0.717) is 5.56 Å². The van der Waals surface area contributed by atoms with Gasteiger partial charge in [0.05, 0.1) is 17.5 Å². The van der Waals surface area contributed by atoms with Crippen LogP contribution in [0.1, 0.15) is 17.7 Å². The second-order valence-electron chi connectivity index (χ2n) is 2.35. The zero-order chi connectivity index (χ0) is 9.84. The van der Waals surface area contributed by atoms with Gasteiger partial charge in [-0.2, -0.15) is 5.26 Å². The molecule has 5 heteroatoms. The van der Waals surface area contributed by atoms with Gasteiger partial charge in [0.1, 0.15) is 5.69 Å². The smallest absolute Gasteiger partial charge is 0.253 e. The van der Waals surface area contributed by atoms with Crippen LogP contribution in [0, 0.1) is 11.3 Å². The van der Waals surface area contributed by atoms with Gasteiger partial charge in [0.15, 0.2) is 0 Å². The van der Waals surface area contributed by atoms with Crippen LogP contribution in [0.25, 0.3) is 0 Å². The third-order valence-corrected chi connectivity index (χ3v) is 1.72. The Labute approximate surface area is 78.8 Å². The summed E-state index contributed by atoms with van der Waals surface area (Å²) in [6.45, 7) is 0. The second kappa shape index (κ2) is 4.15. The summed E-state index contributed by atoms with van der Waals surface area (Å²) in [7, 11) is 0. The van der Waals surface area contributed by atoms with Crippen LogP contribution in [-0.2, 0) is 6.42 Å². The van der Waals surface area contributed by atoms with Crippen LogP contribution in [0.4, 0.5) is 8.78 Å². The van der Waals surface area contributed by atoms with E-state index >= 15 is 0 Å². The van der Waals surface area contributed by atoms with Gasteiger partial charge in [0.25, 0.3) is 6.43 Å². The Morgan fingerprint density at radius 3 is 2.77 bits per heavy atom. The fraction of sp³-hybridized carbons (Fsp3) is 0.250. The van der Waals surface area contributed by atoms with Crippen LogP contribution in [0.3, 0.4) is 0 Å². The van der Waals surface area contributed by atoms with E-state index in [9.17, 15) is 8.78 Å². The van der Waals surface area contributed by atoms with Gasteiger partial charge in [-0.15, -0.1) is 0 Å². The molecule has 0 radical (unpaired) electrons. The molecule has 0 fully saturated rings. The second-order valence-corrected chi connectivity index (χ2v) is 2.75. The van der Waals surface area contributed by atoms with E-state index in [-0.39, 0.29) is 11.4 Å². The van der Waals surface area contributed by atoms with Crippen molar-refractivity contribution in [2.24, 2.45) is 0 Å². The van der Waals surface area contributed by atoms with Gasteiger partial charge < -0.3 is 0 Å². The first kappa shape index (κ1) is 9.87. The molecular formula is C8H5ClF2N2. The zero-order valence-corrected chi connectivity index (χ0v) is 7.22. The van der Waals surface area contributed by atoms with Crippen LogP contribution in [0.15, 0.2) is 12.3 Å². The van der Waals surface area contributed by atoms with Gasteiger partial charge in [-0.05, 0) is 11.6 Å². The average Bonchev–Trinajstić information content (AvgIpc) is 2.04. The molecule has 0 saturated carbocycles. The summed E-state index contributed by atoms with van der Waals surface area (Å²) in [5, 5.41) is 8.23. The molecule has 0 aromatic carbocycles. The van der Waals surface area contributed by atoms with Gasteiger partial charge in [-0.25, -0.2) is 8.78 Å². The quantitative estimate of drug-likeness (QED) is 0.740. The van der Waals surface area contributed by atoms with Crippen molar-refractivity contribution < 1.29 is 8.78 Å². The van der Waals surface area contributed by atoms with E-state index in [0.717, 1.165) is 0 Å². The molecule has 1 aromatic rings. The van der Waals surface area contributed by atoms with E-state index in [4.69, 9.17) is 16.9 Å². The summed E-state index contributed by atoms with van der Waals surface area (Å²) in [5.41, 5.74) is 0.0975. The van der Waals surface area contributed by atoms with Gasteiger partial charge in [0, 0.05) is 6.20 Å². The van der Waals surface area contributed by atoms with Gasteiger partial charge >= 0.3 is 0 Å². The normalized spacial score (nSPS) is 10.1. The standard InChI is InChI=1S/C8H5ClF2N2/c9-6-3-5(1-2-12)4-13-7(6)8(10)11/h3-4,8H,1H2. The van der Waals surface area contributed by atoms with Crippen LogP contribution < -0.4 is 0 Å². The van der Waals surface area contributed by atoms with Crippen molar-refractivity contribution in [1.82, 2.24) is 4.98 Å². The van der Waals surface area contributed by atoms with E-state index in [1.165, 1.54) is 12.3 Å². The fourth-order valence-corrected chi connectivity index (χ4v) is 1.11. The number of nitrogens with zero attached hydrogens (tertiary/aromatic N) is 2. The SMILES string of the molecule is N#CCc1cnc(C(F)F)c(Cl)c1. The molecular weight excluding hydrogens is 198 g/mol. The molecule has 68 valence electrons. The van der Waals surface area contributed by atoms with Crippen molar-refractivity contribution in [1.29, 1.82) is 5.26 Å². The topological polar surface area (TPSA) is 36.7 Å². The van der Waals surface area contributed by atoms with Crippen LogP contribution >= 0.6 is 11.6 Å². The summed E-state index contributed by atoms with van der Waals surface area (Å²) < 4.78 is 24.3. The lowest BCUT2D eigenvalue weighted by Gasteiger charge is -2.02. The molecule has 0 saturated heterocycles. The Balaban J connectivity index is 3.00. The summed E-state index contributed by atoms with van der Waals surface area (Å²) in [6, 6.07) is 3.21. The van der Waals surface area contributed by atoms with Gasteiger partial charge in [0.2, 0.25) is 0 Å². The van der Waals surface area contributed by atoms with Crippen molar-refractivity contribution in [3.63, 3.8) is 0 Å². The Morgan fingerprint density at radius 1 is 1.62 bits per heavy atom. The Bertz CT molecular complexity index is 346. The Morgan fingerprint density at radius 2 is 2.31 bits per heavy atom. The molecule has 0 aliphatic carbocycles. The summed E-state index contributed by atoms with van der Waals surface area (Å²) in [5.74, 6) is 0. The first-order valence-electron chi connectivity index (χ1n) is 3.44. The molecule has 0 aliphatic rings. The minimum absolute atomic E-state index is 0.0947. The summed E-state index contributed by atoms with van der Waals surface area (Å²) >= 11 is 5.51. The molecule has 0 amide bonds. The third kappa shape index (κ3) is 2.36. The van der Waals surface area contributed by atoms with Crippen molar-refractivity contribution in [3.05, 3.63) is 28.5 Å². The molecule has 0 unspecified atom stereocenters. The molecule has 0 N–H and O–H groups in total. The molecule has 1 aromatic heterocycles. The van der Waals surface area contributed by atoms with Crippen molar-refractivity contribution in [2.75, 3.05) is 0 Å². The van der Waals surface area contributed by atoms with Crippen molar-refractivity contribution in [3.8, 4) is 6.07 Å². The maximum absolute atomic E-state index is 12.1. The van der Waals surface area contributed by atoms with Crippen molar-refractivity contribution in [2.45, 2.75) is 12.8 Å². The monoisotopic (exact) mass is 202 g/mol. The zero-order valence-electron chi connectivity index (χ0n) is 6.47. The van der Waals surface area contributed by atoms with E-state index in [1.807, 2.05) is 6.07 Å². The Kier molecular flexibility index (Phi) is 3.15. The first-order valence-corrected chi connectivity index (χ1v) is 3.82. The minimum Gasteiger partial charge on any atom is -0.253 e. The van der Waals surface area contributed by atoms with Crippen LogP contribution in [0.5, 0.6) is 0 Å². The Hall–Kier alpha value is -1.21. The lowest BCUT2D eigenvalue weighted by molar-refractivity contribution is 0.146. The highest BCUT2D eigenvalue weighted by Gasteiger charge is 2.13. The average molecular weight is 203 g/mol. The van der Waals surface area contributed by atoms with E-state index in [2.05, 4.69) is 4.98 Å². The number of halogens is 3. The number of pyridine rings is 1. The largest absolute Gasteiger partial charge is 0.281 e. The highest BCUT2D eigenvalue weighted by Crippen LogP contribution is 2.25. The highest BCUT2D eigenvalue weighted by atomic mass is 35.5. The number of aromatic nitrogens is 1. The predicted molar refractivity (Wildman–Crippen MR) is 43.5 cm³/mol. The molecule has 0 atom stereocenters. The third-order valence-electron chi connectivity index (χ3n) is 1.42. The molecule has 0 spiro atoms. The predicted octanol–water partition coefficient (Wildman–Crippen LogP) is 2.74. The minimum atomic E-state index is -2.68. The van der Waals surface area contributed by atoms with Gasteiger partial charge in [-0.1, -0.05) is 11.6 Å². The highest BCUT2D eigenvalue weighted by molar-refractivity contribution is 6.31. The molecule has 13 heavy (non-hydrogen) atoms. The van der Waals surface area contributed by atoms with Crippen LogP contribution in [0.2, 0.25) is 5.02 Å². The number of rotatable bonds is 2. The number of hydrogen-bond donors (Lipinski definition) is 0. The molecule has 0 bridgehead atoms. The van der Waals surface area contributed by atoms with E-state index in [1.54, 1.807) is 0 Å². The van der Waals surface area contributed by atoms with Crippen LogP contribution in [-0.4, -0.2) is 4.98 Å². The maximum atomic E-state index is 12.1. The molecule has 1 heterocycles. The van der Waals surface area contributed by atoms with Crippen molar-refractivity contribution >= 4 is 11.6 Å². The molecule has 2 nitrogen and oxygen atoms in total.